The molecule has 1 saturated heterocycles. The maximum atomic E-state index is 11.6. The van der Waals surface area contributed by atoms with Crippen molar-refractivity contribution in [3.8, 4) is 6.07 Å². The van der Waals surface area contributed by atoms with Crippen LogP contribution in [0.5, 0.6) is 0 Å². The van der Waals surface area contributed by atoms with Crippen LogP contribution in [0.1, 0.15) is 35.8 Å². The van der Waals surface area contributed by atoms with E-state index in [1.165, 1.54) is 0 Å². The summed E-state index contributed by atoms with van der Waals surface area (Å²) < 4.78 is 25.0. The van der Waals surface area contributed by atoms with Crippen molar-refractivity contribution < 1.29 is 8.42 Å². The van der Waals surface area contributed by atoms with Crippen molar-refractivity contribution in [2.24, 2.45) is 0 Å². The van der Waals surface area contributed by atoms with Gasteiger partial charge < -0.3 is 5.32 Å². The van der Waals surface area contributed by atoms with Gasteiger partial charge in [-0.25, -0.2) is 8.42 Å². The number of sulfone groups is 1. The van der Waals surface area contributed by atoms with E-state index in [1.807, 2.05) is 18.5 Å². The Morgan fingerprint density at radius 2 is 2.25 bits per heavy atom. The molecule has 2 heterocycles. The Morgan fingerprint density at radius 3 is 2.85 bits per heavy atom. The zero-order valence-electron chi connectivity index (χ0n) is 11.9. The Balaban J connectivity index is 2.11. The first-order valence-corrected chi connectivity index (χ1v) is 8.59. The molecule has 0 bridgehead atoms. The van der Waals surface area contributed by atoms with Gasteiger partial charge in [0.15, 0.2) is 9.84 Å². The maximum Gasteiger partial charge on any atom is 0.152 e. The van der Waals surface area contributed by atoms with E-state index >= 15 is 0 Å². The molecule has 1 aromatic rings. The second-order valence-corrected chi connectivity index (χ2v) is 7.46. The first-order chi connectivity index (χ1) is 9.44. The molecule has 7 heteroatoms. The fourth-order valence-corrected chi connectivity index (χ4v) is 4.33. The van der Waals surface area contributed by atoms with Crippen molar-refractivity contribution in [2.75, 3.05) is 18.1 Å². The molecule has 1 N–H and O–H groups in total. The summed E-state index contributed by atoms with van der Waals surface area (Å²) in [6.07, 6.45) is 1.12. The molecule has 0 radical (unpaired) electrons. The van der Waals surface area contributed by atoms with Crippen LogP contribution < -0.4 is 5.32 Å². The minimum atomic E-state index is -2.90. The van der Waals surface area contributed by atoms with Crippen LogP contribution in [0.4, 0.5) is 0 Å². The van der Waals surface area contributed by atoms with Crippen LogP contribution in [-0.4, -0.2) is 36.2 Å². The number of aromatic nitrogens is 2. The summed E-state index contributed by atoms with van der Waals surface area (Å²) >= 11 is 0. The normalized spacial score (nSPS) is 20.9. The van der Waals surface area contributed by atoms with Crippen molar-refractivity contribution in [2.45, 2.75) is 39.3 Å². The van der Waals surface area contributed by atoms with E-state index in [0.29, 0.717) is 25.9 Å². The molecule has 0 aromatic carbocycles. The molecule has 1 aliphatic rings. The van der Waals surface area contributed by atoms with Gasteiger partial charge in [0.25, 0.3) is 0 Å². The zero-order valence-corrected chi connectivity index (χ0v) is 12.7. The molecule has 1 aliphatic heterocycles. The van der Waals surface area contributed by atoms with Gasteiger partial charge in [0.05, 0.1) is 29.3 Å². The smallest absolute Gasteiger partial charge is 0.152 e. The van der Waals surface area contributed by atoms with E-state index in [0.717, 1.165) is 17.0 Å². The minimum absolute atomic E-state index is 0.0356. The molecule has 0 aliphatic carbocycles. The number of nitriles is 1. The van der Waals surface area contributed by atoms with Gasteiger partial charge in [0.2, 0.25) is 0 Å². The van der Waals surface area contributed by atoms with Gasteiger partial charge in [-0.3, -0.25) is 4.68 Å². The molecular formula is C13H20N4O2S. The lowest BCUT2D eigenvalue weighted by molar-refractivity contribution is 0.485. The van der Waals surface area contributed by atoms with E-state index in [9.17, 15) is 8.42 Å². The monoisotopic (exact) mass is 296 g/mol. The van der Waals surface area contributed by atoms with Gasteiger partial charge >= 0.3 is 0 Å². The largest absolute Gasteiger partial charge is 0.312 e. The number of aryl methyl sites for hydroxylation is 1. The van der Waals surface area contributed by atoms with Crippen LogP contribution in [-0.2, 0) is 16.4 Å². The van der Waals surface area contributed by atoms with E-state index < -0.39 is 9.84 Å². The maximum absolute atomic E-state index is 11.6. The van der Waals surface area contributed by atoms with Gasteiger partial charge in [-0.1, -0.05) is 0 Å². The van der Waals surface area contributed by atoms with Gasteiger partial charge in [-0.15, -0.1) is 0 Å². The second-order valence-electron chi connectivity index (χ2n) is 5.24. The molecule has 0 amide bonds. The zero-order chi connectivity index (χ0) is 14.8. The average molecular weight is 296 g/mol. The third kappa shape index (κ3) is 3.19. The Hall–Kier alpha value is -1.39. The molecule has 20 heavy (non-hydrogen) atoms. The second kappa shape index (κ2) is 5.94. The number of nitrogens with one attached hydrogen (secondary N) is 1. The summed E-state index contributed by atoms with van der Waals surface area (Å²) in [6, 6.07) is 2.06. The predicted octanol–water partition coefficient (Wildman–Crippen LogP) is 0.863. The Bertz CT molecular complexity index is 628. The Kier molecular flexibility index (Phi) is 4.45. The standard InChI is InChI=1S/C13H20N4O2S/c1-10-13(8-15-6-3-5-14)11(2)17(16-10)12-4-7-20(18,19)9-12/h12,15H,3-4,6-9H2,1-2H3. The topological polar surface area (TPSA) is 87.8 Å². The van der Waals surface area contributed by atoms with Gasteiger partial charge in [-0.05, 0) is 20.3 Å². The number of nitrogens with zero attached hydrogens (tertiary/aromatic N) is 3. The van der Waals surface area contributed by atoms with Gasteiger partial charge in [-0.2, -0.15) is 10.4 Å². The Morgan fingerprint density at radius 1 is 1.50 bits per heavy atom. The van der Waals surface area contributed by atoms with Crippen LogP contribution in [0.2, 0.25) is 0 Å². The van der Waals surface area contributed by atoms with Crippen molar-refractivity contribution in [3.05, 3.63) is 17.0 Å². The molecule has 0 saturated carbocycles. The van der Waals surface area contributed by atoms with Crippen LogP contribution in [0, 0.1) is 25.2 Å². The fraction of sp³-hybridized carbons (Fsp3) is 0.692. The van der Waals surface area contributed by atoms with E-state index in [4.69, 9.17) is 5.26 Å². The SMILES string of the molecule is Cc1nn(C2CCS(=O)(=O)C2)c(C)c1CNCCC#N. The molecular weight excluding hydrogens is 276 g/mol. The summed E-state index contributed by atoms with van der Waals surface area (Å²) in [6.45, 7) is 5.23. The molecule has 1 aromatic heterocycles. The molecule has 0 spiro atoms. The highest BCUT2D eigenvalue weighted by Crippen LogP contribution is 2.26. The third-order valence-electron chi connectivity index (χ3n) is 3.74. The lowest BCUT2D eigenvalue weighted by Gasteiger charge is -2.11. The molecule has 110 valence electrons. The lowest BCUT2D eigenvalue weighted by Crippen LogP contribution is -2.16. The first kappa shape index (κ1) is 15.0. The molecule has 2 rings (SSSR count). The van der Waals surface area contributed by atoms with Gasteiger partial charge in [0, 0.05) is 30.8 Å². The third-order valence-corrected chi connectivity index (χ3v) is 5.49. The average Bonchev–Trinajstić information content (AvgIpc) is 2.87. The quantitative estimate of drug-likeness (QED) is 0.814. The van der Waals surface area contributed by atoms with Crippen molar-refractivity contribution >= 4 is 9.84 Å². The number of hydrogen-bond acceptors (Lipinski definition) is 5. The first-order valence-electron chi connectivity index (χ1n) is 6.77. The molecule has 6 nitrogen and oxygen atoms in total. The van der Waals surface area contributed by atoms with Crippen molar-refractivity contribution in [3.63, 3.8) is 0 Å². The van der Waals surface area contributed by atoms with Crippen molar-refractivity contribution in [1.82, 2.24) is 15.1 Å². The van der Waals surface area contributed by atoms with Crippen LogP contribution in [0.15, 0.2) is 0 Å². The van der Waals surface area contributed by atoms with E-state index in [1.54, 1.807) is 0 Å². The summed E-state index contributed by atoms with van der Waals surface area (Å²) in [7, 11) is -2.90. The van der Waals surface area contributed by atoms with Crippen molar-refractivity contribution in [1.29, 1.82) is 5.26 Å². The van der Waals surface area contributed by atoms with Gasteiger partial charge in [0.1, 0.15) is 0 Å². The van der Waals surface area contributed by atoms with E-state index in [-0.39, 0.29) is 17.5 Å². The molecule has 1 atom stereocenters. The summed E-state index contributed by atoms with van der Waals surface area (Å²) in [5.74, 6) is 0.446. The Labute approximate surface area is 119 Å². The fourth-order valence-electron chi connectivity index (χ4n) is 2.63. The lowest BCUT2D eigenvalue weighted by atomic mass is 10.2. The van der Waals surface area contributed by atoms with Crippen LogP contribution in [0.25, 0.3) is 0 Å². The summed E-state index contributed by atoms with van der Waals surface area (Å²) in [5, 5.41) is 16.2. The van der Waals surface area contributed by atoms with Crippen LogP contribution >= 0.6 is 0 Å². The predicted molar refractivity (Wildman–Crippen MR) is 75.9 cm³/mol. The summed E-state index contributed by atoms with van der Waals surface area (Å²) in [5.41, 5.74) is 3.05. The highest BCUT2D eigenvalue weighted by molar-refractivity contribution is 7.91. The minimum Gasteiger partial charge on any atom is -0.312 e. The van der Waals surface area contributed by atoms with Crippen LogP contribution in [0.3, 0.4) is 0 Å². The summed E-state index contributed by atoms with van der Waals surface area (Å²) in [4.78, 5) is 0. The molecule has 1 unspecified atom stereocenters. The number of hydrogen-bond donors (Lipinski definition) is 1. The van der Waals surface area contributed by atoms with E-state index in [2.05, 4.69) is 16.5 Å². The highest BCUT2D eigenvalue weighted by atomic mass is 32.2. The highest BCUT2D eigenvalue weighted by Gasteiger charge is 2.31. The number of rotatable bonds is 5. The molecule has 1 fully saturated rings.